The minimum atomic E-state index is -1.52. The second-order valence-corrected chi connectivity index (χ2v) is 9.71. The van der Waals surface area contributed by atoms with Crippen molar-refractivity contribution in [2.45, 2.75) is 68.7 Å². The van der Waals surface area contributed by atoms with E-state index >= 15 is 0 Å². The topological polar surface area (TPSA) is 310 Å². The van der Waals surface area contributed by atoms with Gasteiger partial charge in [0, 0.05) is 12.8 Å². The van der Waals surface area contributed by atoms with Crippen LogP contribution in [-0.2, 0) is 35.2 Å². The lowest BCUT2D eigenvalue weighted by atomic mass is 10.0. The minimum Gasteiger partial charge on any atom is -0.508 e. The van der Waals surface area contributed by atoms with E-state index in [4.69, 9.17) is 22.3 Å². The summed E-state index contributed by atoms with van der Waals surface area (Å²) in [7, 11) is 0. The number of primary amides is 1. The van der Waals surface area contributed by atoms with Crippen molar-refractivity contribution in [3.63, 3.8) is 0 Å². The van der Waals surface area contributed by atoms with E-state index in [9.17, 15) is 44.1 Å². The van der Waals surface area contributed by atoms with Crippen molar-refractivity contribution in [1.82, 2.24) is 21.3 Å². The molecule has 0 saturated carbocycles. The molecule has 0 aliphatic rings. The molecular weight excluding hydrogens is 570 g/mol. The number of rotatable bonds is 20. The number of aromatic hydroxyl groups is 1. The Bertz CT molecular complexity index is 1100. The Morgan fingerprint density at radius 1 is 0.721 bits per heavy atom. The predicted octanol–water partition coefficient (Wildman–Crippen LogP) is -4.34. The number of phenolic OH excluding ortho intramolecular Hbond substituents is 1. The summed E-state index contributed by atoms with van der Waals surface area (Å²) in [5, 5.41) is 47.1. The van der Waals surface area contributed by atoms with Crippen LogP contribution in [0, 0.1) is 0 Å². The molecule has 0 aliphatic carbocycles. The first-order valence-corrected chi connectivity index (χ1v) is 13.5. The standard InChI is InChI=1S/C26H41N7O10/c27-10-2-1-3-17(30-25(41)20(13-35)33-22(38)16(28)12-34)23(39)32-19(11-14-4-6-15(36)7-5-14)24(40)31-18(26(42)43)8-9-21(29)37/h4-7,16-20,34-36H,1-3,8-13,27-28H2,(H2,29,37)(H,30,41)(H,31,40)(H,32,39)(H,33,38)(H,42,43)/t16-,17-,18-,19-,20-/m0/s1. The normalized spacial score (nSPS) is 14.3. The van der Waals surface area contributed by atoms with Crippen LogP contribution in [0.25, 0.3) is 0 Å². The molecular formula is C26H41N7O10. The summed E-state index contributed by atoms with van der Waals surface area (Å²) in [5.41, 5.74) is 16.5. The molecule has 0 spiro atoms. The van der Waals surface area contributed by atoms with E-state index in [1.165, 1.54) is 24.3 Å². The van der Waals surface area contributed by atoms with Gasteiger partial charge in [-0.1, -0.05) is 12.1 Å². The van der Waals surface area contributed by atoms with Gasteiger partial charge >= 0.3 is 5.97 Å². The van der Waals surface area contributed by atoms with Crippen molar-refractivity contribution in [3.8, 4) is 5.75 Å². The van der Waals surface area contributed by atoms with Gasteiger partial charge in [0.05, 0.1) is 13.2 Å². The molecule has 0 radical (unpaired) electrons. The van der Waals surface area contributed by atoms with Gasteiger partial charge in [0.1, 0.15) is 36.0 Å². The molecule has 14 N–H and O–H groups in total. The Morgan fingerprint density at radius 3 is 1.79 bits per heavy atom. The Balaban J connectivity index is 3.22. The van der Waals surface area contributed by atoms with Crippen molar-refractivity contribution >= 4 is 35.5 Å². The molecule has 0 heterocycles. The quantitative estimate of drug-likeness (QED) is 0.0624. The fraction of sp³-hybridized carbons (Fsp3) is 0.538. The first-order valence-electron chi connectivity index (χ1n) is 13.5. The summed E-state index contributed by atoms with van der Waals surface area (Å²) >= 11 is 0. The number of carboxylic acid groups (broad SMARTS) is 1. The lowest BCUT2D eigenvalue weighted by Gasteiger charge is -2.26. The molecule has 5 atom stereocenters. The van der Waals surface area contributed by atoms with Crippen LogP contribution < -0.4 is 38.5 Å². The van der Waals surface area contributed by atoms with Crippen LogP contribution in [0.2, 0.25) is 0 Å². The predicted molar refractivity (Wildman–Crippen MR) is 151 cm³/mol. The molecule has 0 aromatic heterocycles. The fourth-order valence-electron chi connectivity index (χ4n) is 3.76. The number of unbranched alkanes of at least 4 members (excludes halogenated alkanes) is 1. The summed E-state index contributed by atoms with van der Waals surface area (Å²) in [4.78, 5) is 74.3. The van der Waals surface area contributed by atoms with Crippen LogP contribution in [0.5, 0.6) is 5.75 Å². The molecule has 1 aromatic carbocycles. The number of hydrogen-bond acceptors (Lipinski definition) is 11. The zero-order chi connectivity index (χ0) is 32.5. The number of nitrogens with one attached hydrogen (secondary N) is 4. The molecule has 5 amide bonds. The number of carbonyl (C=O) groups is 6. The monoisotopic (exact) mass is 611 g/mol. The number of amides is 5. The maximum Gasteiger partial charge on any atom is 0.326 e. The SMILES string of the molecule is NCCCC[C@H](NC(=O)[C@H](CO)NC(=O)[C@@H](N)CO)C(=O)N[C@@H](Cc1ccc(O)cc1)C(=O)N[C@@H](CCC(N)=O)C(=O)O. The number of carbonyl (C=O) groups excluding carboxylic acids is 5. The smallest absolute Gasteiger partial charge is 0.326 e. The lowest BCUT2D eigenvalue weighted by Crippen LogP contribution is -2.59. The summed E-state index contributed by atoms with van der Waals surface area (Å²) in [6, 6.07) is -1.38. The van der Waals surface area contributed by atoms with Crippen LogP contribution in [-0.4, -0.2) is 106 Å². The van der Waals surface area contributed by atoms with Crippen molar-refractivity contribution < 1.29 is 49.2 Å². The number of carboxylic acids is 1. The van der Waals surface area contributed by atoms with Crippen molar-refractivity contribution in [3.05, 3.63) is 29.8 Å². The number of nitrogens with two attached hydrogens (primary N) is 3. The molecule has 240 valence electrons. The highest BCUT2D eigenvalue weighted by atomic mass is 16.4. The third-order valence-corrected chi connectivity index (χ3v) is 6.23. The van der Waals surface area contributed by atoms with Gasteiger partial charge in [-0.25, -0.2) is 4.79 Å². The Morgan fingerprint density at radius 2 is 1.26 bits per heavy atom. The zero-order valence-electron chi connectivity index (χ0n) is 23.5. The number of benzene rings is 1. The molecule has 0 aliphatic heterocycles. The summed E-state index contributed by atoms with van der Waals surface area (Å²) < 4.78 is 0. The number of hydrogen-bond donors (Lipinski definition) is 11. The van der Waals surface area contributed by atoms with Crippen LogP contribution >= 0.6 is 0 Å². The van der Waals surface area contributed by atoms with E-state index in [-0.39, 0.29) is 38.0 Å². The van der Waals surface area contributed by atoms with Gasteiger partial charge in [0.2, 0.25) is 29.5 Å². The van der Waals surface area contributed by atoms with Crippen LogP contribution in [0.4, 0.5) is 0 Å². The van der Waals surface area contributed by atoms with E-state index in [0.29, 0.717) is 18.4 Å². The Labute approximate surface area is 247 Å². The number of aliphatic hydroxyl groups is 2. The number of phenols is 1. The molecule has 0 unspecified atom stereocenters. The van der Waals surface area contributed by atoms with E-state index in [0.717, 1.165) is 0 Å². The van der Waals surface area contributed by atoms with E-state index < -0.39 is 78.9 Å². The molecule has 0 bridgehead atoms. The number of aliphatic carboxylic acids is 1. The molecule has 1 aromatic rings. The maximum absolute atomic E-state index is 13.4. The third-order valence-electron chi connectivity index (χ3n) is 6.23. The maximum atomic E-state index is 13.4. The number of aliphatic hydroxyl groups excluding tert-OH is 2. The molecule has 17 heteroatoms. The second kappa shape index (κ2) is 19.0. The van der Waals surface area contributed by atoms with Gasteiger partial charge in [-0.3, -0.25) is 24.0 Å². The van der Waals surface area contributed by atoms with E-state index in [2.05, 4.69) is 21.3 Å². The fourth-order valence-corrected chi connectivity index (χ4v) is 3.76. The van der Waals surface area contributed by atoms with Crippen molar-refractivity contribution in [1.29, 1.82) is 0 Å². The first-order chi connectivity index (χ1) is 20.3. The van der Waals surface area contributed by atoms with E-state index in [1.54, 1.807) is 0 Å². The summed E-state index contributed by atoms with van der Waals surface area (Å²) in [6.45, 7) is -1.30. The molecule has 1 rings (SSSR count). The van der Waals surface area contributed by atoms with Gasteiger partial charge in [0.25, 0.3) is 0 Å². The molecule has 0 fully saturated rings. The minimum absolute atomic E-state index is 0.0426. The largest absolute Gasteiger partial charge is 0.508 e. The highest BCUT2D eigenvalue weighted by Crippen LogP contribution is 2.13. The van der Waals surface area contributed by atoms with E-state index in [1.807, 2.05) is 0 Å². The average Bonchev–Trinajstić information content (AvgIpc) is 2.97. The van der Waals surface area contributed by atoms with Crippen LogP contribution in [0.3, 0.4) is 0 Å². The molecule has 43 heavy (non-hydrogen) atoms. The van der Waals surface area contributed by atoms with Gasteiger partial charge < -0.3 is 58.9 Å². The first kappa shape index (κ1) is 36.7. The van der Waals surface area contributed by atoms with Gasteiger partial charge in [-0.15, -0.1) is 0 Å². The molecule has 0 saturated heterocycles. The summed E-state index contributed by atoms with van der Waals surface area (Å²) in [5.74, 6) is -5.90. The highest BCUT2D eigenvalue weighted by molar-refractivity contribution is 5.95. The highest BCUT2D eigenvalue weighted by Gasteiger charge is 2.31. The zero-order valence-corrected chi connectivity index (χ0v) is 23.5. The molecule has 17 nitrogen and oxygen atoms in total. The second-order valence-electron chi connectivity index (χ2n) is 9.71. The lowest BCUT2D eigenvalue weighted by molar-refractivity contribution is -0.142. The van der Waals surface area contributed by atoms with Crippen LogP contribution in [0.15, 0.2) is 24.3 Å². The Kier molecular flexibility index (Phi) is 16.2. The van der Waals surface area contributed by atoms with Gasteiger partial charge in [-0.2, -0.15) is 0 Å². The van der Waals surface area contributed by atoms with Gasteiger partial charge in [-0.05, 0) is 49.9 Å². The summed E-state index contributed by atoms with van der Waals surface area (Å²) in [6.07, 6.45) is 0.0977. The van der Waals surface area contributed by atoms with Crippen LogP contribution in [0.1, 0.15) is 37.7 Å². The Hall–Kier alpha value is -4.32. The average molecular weight is 612 g/mol. The third kappa shape index (κ3) is 13.5. The van der Waals surface area contributed by atoms with Crippen molar-refractivity contribution in [2.24, 2.45) is 17.2 Å². The van der Waals surface area contributed by atoms with Crippen molar-refractivity contribution in [2.75, 3.05) is 19.8 Å². The van der Waals surface area contributed by atoms with Gasteiger partial charge in [0.15, 0.2) is 0 Å².